The SMILES string of the molecule is CC(c1nc2ccccc2c(=O)n1-c1ccccc1)N(C)S(=O)(=O)c1ccccc1. The standard InChI is InChI=1S/C23H21N3O3S/c1-17(25(2)30(28,29)19-13-7-4-8-14-19)22-24-21-16-10-9-15-20(21)23(27)26(22)18-11-5-3-6-12-18/h3-17H,1-2H3. The van der Waals surface area contributed by atoms with Crippen molar-refractivity contribution in [3.8, 4) is 5.69 Å². The van der Waals surface area contributed by atoms with E-state index in [2.05, 4.69) is 0 Å². The van der Waals surface area contributed by atoms with E-state index in [0.29, 0.717) is 22.4 Å². The van der Waals surface area contributed by atoms with Crippen molar-refractivity contribution in [2.45, 2.75) is 17.9 Å². The molecule has 0 radical (unpaired) electrons. The van der Waals surface area contributed by atoms with Crippen LogP contribution in [-0.2, 0) is 10.0 Å². The van der Waals surface area contributed by atoms with Crippen LogP contribution in [0.1, 0.15) is 18.8 Å². The van der Waals surface area contributed by atoms with Crippen molar-refractivity contribution in [2.75, 3.05) is 7.05 Å². The predicted molar refractivity (Wildman–Crippen MR) is 117 cm³/mol. The zero-order valence-corrected chi connectivity index (χ0v) is 17.5. The van der Waals surface area contributed by atoms with Crippen LogP contribution in [0.3, 0.4) is 0 Å². The number of hydrogen-bond donors (Lipinski definition) is 0. The van der Waals surface area contributed by atoms with Crippen LogP contribution in [0.25, 0.3) is 16.6 Å². The first-order valence-electron chi connectivity index (χ1n) is 9.51. The molecule has 0 amide bonds. The molecular formula is C23H21N3O3S. The Bertz CT molecular complexity index is 1350. The average molecular weight is 420 g/mol. The van der Waals surface area contributed by atoms with E-state index in [0.717, 1.165) is 0 Å². The van der Waals surface area contributed by atoms with Gasteiger partial charge in [-0.15, -0.1) is 0 Å². The highest BCUT2D eigenvalue weighted by atomic mass is 32.2. The molecule has 4 rings (SSSR count). The van der Waals surface area contributed by atoms with Gasteiger partial charge in [0.1, 0.15) is 5.82 Å². The molecule has 1 aromatic heterocycles. The predicted octanol–water partition coefficient (Wildman–Crippen LogP) is 3.77. The van der Waals surface area contributed by atoms with Crippen LogP contribution in [0, 0.1) is 0 Å². The van der Waals surface area contributed by atoms with Gasteiger partial charge >= 0.3 is 0 Å². The van der Waals surface area contributed by atoms with Gasteiger partial charge in [-0.05, 0) is 43.3 Å². The largest absolute Gasteiger partial charge is 0.268 e. The molecule has 3 aromatic carbocycles. The molecule has 6 nitrogen and oxygen atoms in total. The molecule has 1 atom stereocenters. The fraction of sp³-hybridized carbons (Fsp3) is 0.130. The molecule has 0 bridgehead atoms. The lowest BCUT2D eigenvalue weighted by Crippen LogP contribution is -2.34. The van der Waals surface area contributed by atoms with Crippen molar-refractivity contribution in [3.63, 3.8) is 0 Å². The van der Waals surface area contributed by atoms with Gasteiger partial charge in [0.25, 0.3) is 5.56 Å². The van der Waals surface area contributed by atoms with Crippen LogP contribution in [0.2, 0.25) is 0 Å². The minimum absolute atomic E-state index is 0.189. The third-order valence-electron chi connectivity index (χ3n) is 5.16. The van der Waals surface area contributed by atoms with Gasteiger partial charge in [-0.3, -0.25) is 9.36 Å². The molecule has 30 heavy (non-hydrogen) atoms. The number of para-hydroxylation sites is 2. The highest BCUT2D eigenvalue weighted by molar-refractivity contribution is 7.89. The van der Waals surface area contributed by atoms with Gasteiger partial charge in [0, 0.05) is 7.05 Å². The zero-order valence-electron chi connectivity index (χ0n) is 16.6. The summed E-state index contributed by atoms with van der Waals surface area (Å²) in [6.45, 7) is 1.73. The fourth-order valence-electron chi connectivity index (χ4n) is 3.39. The summed E-state index contributed by atoms with van der Waals surface area (Å²) in [5, 5.41) is 0.478. The van der Waals surface area contributed by atoms with E-state index in [4.69, 9.17) is 4.98 Å². The van der Waals surface area contributed by atoms with E-state index in [1.807, 2.05) is 18.2 Å². The van der Waals surface area contributed by atoms with Crippen molar-refractivity contribution in [1.82, 2.24) is 13.9 Å². The first-order valence-corrected chi connectivity index (χ1v) is 11.0. The maximum absolute atomic E-state index is 13.4. The number of aromatic nitrogens is 2. The molecular weight excluding hydrogens is 398 g/mol. The highest BCUT2D eigenvalue weighted by Gasteiger charge is 2.29. The lowest BCUT2D eigenvalue weighted by Gasteiger charge is -2.26. The number of rotatable bonds is 5. The highest BCUT2D eigenvalue weighted by Crippen LogP contribution is 2.26. The number of benzene rings is 3. The van der Waals surface area contributed by atoms with Crippen molar-refractivity contribution < 1.29 is 8.42 Å². The van der Waals surface area contributed by atoms with E-state index >= 15 is 0 Å². The second-order valence-electron chi connectivity index (χ2n) is 6.97. The summed E-state index contributed by atoms with van der Waals surface area (Å²) in [5.74, 6) is 0.354. The molecule has 0 saturated heterocycles. The Kier molecular flexibility index (Phi) is 5.24. The Morgan fingerprint density at radius 2 is 1.43 bits per heavy atom. The molecule has 0 saturated carbocycles. The van der Waals surface area contributed by atoms with E-state index in [9.17, 15) is 13.2 Å². The van der Waals surface area contributed by atoms with Crippen molar-refractivity contribution in [3.05, 3.63) is 101 Å². The summed E-state index contributed by atoms with van der Waals surface area (Å²) < 4.78 is 29.0. The summed E-state index contributed by atoms with van der Waals surface area (Å²) in [6.07, 6.45) is 0. The molecule has 0 aliphatic rings. The summed E-state index contributed by atoms with van der Waals surface area (Å²) in [6, 6.07) is 23.7. The number of hydrogen-bond acceptors (Lipinski definition) is 4. The summed E-state index contributed by atoms with van der Waals surface area (Å²) in [5.41, 5.74) is 0.925. The lowest BCUT2D eigenvalue weighted by molar-refractivity contribution is 0.379. The molecule has 0 fully saturated rings. The normalized spacial score (nSPS) is 12.9. The number of nitrogens with zero attached hydrogens (tertiary/aromatic N) is 3. The second kappa shape index (κ2) is 7.85. The summed E-state index contributed by atoms with van der Waals surface area (Å²) in [7, 11) is -2.27. The second-order valence-corrected chi connectivity index (χ2v) is 8.97. The monoisotopic (exact) mass is 419 g/mol. The molecule has 1 heterocycles. The van der Waals surface area contributed by atoms with E-state index in [1.165, 1.54) is 15.9 Å². The van der Waals surface area contributed by atoms with Crippen LogP contribution in [0.5, 0.6) is 0 Å². The van der Waals surface area contributed by atoms with Crippen molar-refractivity contribution >= 4 is 20.9 Å². The van der Waals surface area contributed by atoms with E-state index < -0.39 is 16.1 Å². The molecule has 0 N–H and O–H groups in total. The first kappa shape index (κ1) is 20.0. The average Bonchev–Trinajstić information content (AvgIpc) is 2.79. The molecule has 0 aliphatic heterocycles. The quantitative estimate of drug-likeness (QED) is 0.494. The maximum Gasteiger partial charge on any atom is 0.266 e. The lowest BCUT2D eigenvalue weighted by atomic mass is 10.2. The Morgan fingerprint density at radius 1 is 0.867 bits per heavy atom. The minimum atomic E-state index is -3.77. The van der Waals surface area contributed by atoms with Crippen LogP contribution in [-0.4, -0.2) is 29.3 Å². The topological polar surface area (TPSA) is 72.3 Å². The molecule has 0 aliphatic carbocycles. The smallest absolute Gasteiger partial charge is 0.266 e. The van der Waals surface area contributed by atoms with Gasteiger partial charge < -0.3 is 0 Å². The van der Waals surface area contributed by atoms with Crippen molar-refractivity contribution in [1.29, 1.82) is 0 Å². The third-order valence-corrected chi connectivity index (χ3v) is 7.10. The van der Waals surface area contributed by atoms with Gasteiger partial charge in [-0.2, -0.15) is 4.31 Å². The molecule has 152 valence electrons. The van der Waals surface area contributed by atoms with Gasteiger partial charge in [-0.25, -0.2) is 13.4 Å². The van der Waals surface area contributed by atoms with Crippen LogP contribution >= 0.6 is 0 Å². The summed E-state index contributed by atoms with van der Waals surface area (Å²) in [4.78, 5) is 18.2. The van der Waals surface area contributed by atoms with Crippen LogP contribution in [0.4, 0.5) is 0 Å². The molecule has 1 unspecified atom stereocenters. The molecule has 7 heteroatoms. The molecule has 0 spiro atoms. The molecule has 4 aromatic rings. The van der Waals surface area contributed by atoms with Crippen molar-refractivity contribution in [2.24, 2.45) is 0 Å². The van der Waals surface area contributed by atoms with E-state index in [-0.39, 0.29) is 10.5 Å². The Morgan fingerprint density at radius 3 is 2.10 bits per heavy atom. The van der Waals surface area contributed by atoms with Gasteiger partial charge in [-0.1, -0.05) is 48.5 Å². The Balaban J connectivity index is 1.92. The van der Waals surface area contributed by atoms with Crippen LogP contribution < -0.4 is 5.56 Å². The zero-order chi connectivity index (χ0) is 21.3. The Hall–Kier alpha value is -3.29. The van der Waals surface area contributed by atoms with Gasteiger partial charge in [0.05, 0.1) is 27.5 Å². The van der Waals surface area contributed by atoms with E-state index in [1.54, 1.807) is 73.7 Å². The number of fused-ring (bicyclic) bond motifs is 1. The number of sulfonamides is 1. The third kappa shape index (κ3) is 3.42. The Labute approximate surface area is 175 Å². The van der Waals surface area contributed by atoms with Crippen LogP contribution in [0.15, 0.2) is 94.6 Å². The fourth-order valence-corrected chi connectivity index (χ4v) is 4.73. The maximum atomic E-state index is 13.4. The first-order chi connectivity index (χ1) is 14.4. The minimum Gasteiger partial charge on any atom is -0.268 e. The summed E-state index contributed by atoms with van der Waals surface area (Å²) >= 11 is 0. The van der Waals surface area contributed by atoms with Gasteiger partial charge in [0.15, 0.2) is 0 Å². The van der Waals surface area contributed by atoms with Gasteiger partial charge in [0.2, 0.25) is 10.0 Å².